The van der Waals surface area contributed by atoms with Gasteiger partial charge in [0.2, 0.25) is 5.13 Å². The third kappa shape index (κ3) is 4.20. The largest absolute Gasteiger partial charge is 0.330 e. The molecule has 19 heavy (non-hydrogen) atoms. The number of halogens is 1. The molecule has 0 aliphatic rings. The van der Waals surface area contributed by atoms with E-state index in [9.17, 15) is 4.79 Å². The van der Waals surface area contributed by atoms with E-state index in [1.807, 2.05) is 6.92 Å². The number of anilines is 1. The highest BCUT2D eigenvalue weighted by atomic mass is 35.5. The summed E-state index contributed by atoms with van der Waals surface area (Å²) >= 11 is 2.81. The Labute approximate surface area is 124 Å². The van der Waals surface area contributed by atoms with Gasteiger partial charge in [0, 0.05) is 11.8 Å². The number of aromatic nitrogens is 3. The van der Waals surface area contributed by atoms with Gasteiger partial charge in [0.25, 0.3) is 5.91 Å². The highest BCUT2D eigenvalue weighted by molar-refractivity contribution is 7.15. The van der Waals surface area contributed by atoms with Crippen LogP contribution in [0.1, 0.15) is 27.4 Å². The van der Waals surface area contributed by atoms with Gasteiger partial charge >= 0.3 is 0 Å². The van der Waals surface area contributed by atoms with Gasteiger partial charge in [-0.2, -0.15) is 0 Å². The fourth-order valence-electron chi connectivity index (χ4n) is 1.26. The highest BCUT2D eigenvalue weighted by Crippen LogP contribution is 2.17. The molecule has 1 amide bonds. The molecule has 9 heteroatoms. The number of aryl methyl sites for hydroxylation is 1. The summed E-state index contributed by atoms with van der Waals surface area (Å²) in [6, 6.07) is 0. The minimum absolute atomic E-state index is 0. The summed E-state index contributed by atoms with van der Waals surface area (Å²) in [5.41, 5.74) is 5.84. The number of carbonyl (C=O) groups excluding carboxylic acids is 1. The summed E-state index contributed by atoms with van der Waals surface area (Å²) in [5.74, 6) is -0.256. The van der Waals surface area contributed by atoms with Crippen LogP contribution < -0.4 is 11.1 Å². The Morgan fingerprint density at radius 1 is 1.42 bits per heavy atom. The van der Waals surface area contributed by atoms with E-state index in [1.54, 1.807) is 5.38 Å². The van der Waals surface area contributed by atoms with Crippen molar-refractivity contribution in [1.29, 1.82) is 0 Å². The normalized spacial score (nSPS) is 10.0. The molecule has 0 aromatic carbocycles. The van der Waals surface area contributed by atoms with Gasteiger partial charge in [-0.3, -0.25) is 10.1 Å². The molecule has 0 atom stereocenters. The van der Waals surface area contributed by atoms with Crippen molar-refractivity contribution >= 4 is 46.1 Å². The molecule has 2 heterocycles. The van der Waals surface area contributed by atoms with Crippen molar-refractivity contribution in [2.75, 3.05) is 11.9 Å². The van der Waals surface area contributed by atoms with Crippen LogP contribution in [0.15, 0.2) is 5.38 Å². The molecule has 0 bridgehead atoms. The molecule has 0 spiro atoms. The third-order valence-corrected chi connectivity index (χ3v) is 4.02. The molecule has 0 unspecified atom stereocenters. The van der Waals surface area contributed by atoms with Gasteiger partial charge in [-0.1, -0.05) is 18.3 Å². The van der Waals surface area contributed by atoms with Gasteiger partial charge < -0.3 is 5.73 Å². The summed E-state index contributed by atoms with van der Waals surface area (Å²) in [7, 11) is 0. The number of thiazole rings is 1. The van der Waals surface area contributed by atoms with Gasteiger partial charge in [0.15, 0.2) is 0 Å². The van der Waals surface area contributed by atoms with Crippen molar-refractivity contribution in [2.45, 2.75) is 19.8 Å². The number of carbonyl (C=O) groups is 1. The van der Waals surface area contributed by atoms with Gasteiger partial charge in [0.05, 0.1) is 5.01 Å². The second-order valence-corrected chi connectivity index (χ2v) is 5.48. The van der Waals surface area contributed by atoms with E-state index in [0.717, 1.165) is 16.4 Å². The van der Waals surface area contributed by atoms with E-state index in [4.69, 9.17) is 5.73 Å². The highest BCUT2D eigenvalue weighted by Gasteiger charge is 2.13. The average molecular weight is 320 g/mol. The Morgan fingerprint density at radius 3 is 2.84 bits per heavy atom. The fourth-order valence-corrected chi connectivity index (χ4v) is 2.73. The number of hydrogen-bond donors (Lipinski definition) is 2. The van der Waals surface area contributed by atoms with Gasteiger partial charge in [-0.25, -0.2) is 4.98 Å². The van der Waals surface area contributed by atoms with E-state index < -0.39 is 0 Å². The second kappa shape index (κ2) is 7.49. The molecule has 0 fully saturated rings. The minimum Gasteiger partial charge on any atom is -0.330 e. The summed E-state index contributed by atoms with van der Waals surface area (Å²) in [6.45, 7) is 2.52. The smallest absolute Gasteiger partial charge is 0.276 e. The lowest BCUT2D eigenvalue weighted by atomic mass is 10.4. The molecule has 0 radical (unpaired) electrons. The molecule has 2 rings (SSSR count). The first-order valence-electron chi connectivity index (χ1n) is 5.51. The number of amides is 1. The number of nitrogens with zero attached hydrogens (tertiary/aromatic N) is 3. The van der Waals surface area contributed by atoms with Crippen molar-refractivity contribution in [2.24, 2.45) is 5.73 Å². The Bertz CT molecular complexity index is 542. The first-order chi connectivity index (χ1) is 8.72. The summed E-state index contributed by atoms with van der Waals surface area (Å²) in [6.07, 6.45) is 1.50. The van der Waals surface area contributed by atoms with Crippen LogP contribution >= 0.6 is 35.1 Å². The van der Waals surface area contributed by atoms with Gasteiger partial charge in [0.1, 0.15) is 10.7 Å². The maximum atomic E-state index is 11.9. The second-order valence-electron chi connectivity index (χ2n) is 3.47. The van der Waals surface area contributed by atoms with Gasteiger partial charge in [-0.15, -0.1) is 33.9 Å². The van der Waals surface area contributed by atoms with E-state index in [-0.39, 0.29) is 18.3 Å². The lowest BCUT2D eigenvalue weighted by Gasteiger charge is -1.96. The van der Waals surface area contributed by atoms with Crippen molar-refractivity contribution in [3.63, 3.8) is 0 Å². The van der Waals surface area contributed by atoms with E-state index in [1.165, 1.54) is 22.7 Å². The van der Waals surface area contributed by atoms with Crippen LogP contribution in [-0.4, -0.2) is 27.6 Å². The van der Waals surface area contributed by atoms with Crippen molar-refractivity contribution in [3.05, 3.63) is 21.1 Å². The Balaban J connectivity index is 0.00000180. The first kappa shape index (κ1) is 16.0. The first-order valence-corrected chi connectivity index (χ1v) is 7.20. The Kier molecular flexibility index (Phi) is 6.29. The lowest BCUT2D eigenvalue weighted by Crippen LogP contribution is -2.12. The number of rotatable bonds is 5. The number of hydrogen-bond acceptors (Lipinski definition) is 7. The predicted molar refractivity (Wildman–Crippen MR) is 79.4 cm³/mol. The number of nitrogens with one attached hydrogen (secondary N) is 1. The predicted octanol–water partition coefficient (Wildman–Crippen LogP) is 1.73. The van der Waals surface area contributed by atoms with Crippen molar-refractivity contribution in [1.82, 2.24) is 15.2 Å². The zero-order chi connectivity index (χ0) is 13.0. The molecule has 2 aromatic rings. The third-order valence-electron chi connectivity index (χ3n) is 2.13. The van der Waals surface area contributed by atoms with Gasteiger partial charge in [-0.05, 0) is 13.0 Å². The van der Waals surface area contributed by atoms with Crippen LogP contribution in [0.25, 0.3) is 0 Å². The molecular weight excluding hydrogens is 306 g/mol. The minimum atomic E-state index is -0.256. The van der Waals surface area contributed by atoms with E-state index in [2.05, 4.69) is 20.5 Å². The summed E-state index contributed by atoms with van der Waals surface area (Å²) < 4.78 is 0. The van der Waals surface area contributed by atoms with Crippen LogP contribution in [0.4, 0.5) is 5.13 Å². The van der Waals surface area contributed by atoms with Crippen LogP contribution in [0.3, 0.4) is 0 Å². The Morgan fingerprint density at radius 2 is 2.21 bits per heavy atom. The standard InChI is InChI=1S/C10H13N5OS2.ClH/c1-2-7-14-15-10(18-7)13-9(16)6-5-17-8(12-6)3-4-11;/h5H,2-4,11H2,1H3,(H,13,15,16);1H. The topological polar surface area (TPSA) is 93.8 Å². The molecule has 0 aliphatic heterocycles. The van der Waals surface area contributed by atoms with Crippen LogP contribution in [0.2, 0.25) is 0 Å². The van der Waals surface area contributed by atoms with E-state index in [0.29, 0.717) is 23.8 Å². The molecule has 0 saturated carbocycles. The van der Waals surface area contributed by atoms with Crippen molar-refractivity contribution < 1.29 is 4.79 Å². The molecular formula is C10H14ClN5OS2. The number of nitrogens with two attached hydrogens (primary N) is 1. The van der Waals surface area contributed by atoms with E-state index >= 15 is 0 Å². The lowest BCUT2D eigenvalue weighted by molar-refractivity contribution is 0.102. The fraction of sp³-hybridized carbons (Fsp3) is 0.400. The van der Waals surface area contributed by atoms with Crippen molar-refractivity contribution in [3.8, 4) is 0 Å². The Hall–Kier alpha value is -1.09. The van der Waals surface area contributed by atoms with Crippen LogP contribution in [-0.2, 0) is 12.8 Å². The molecule has 3 N–H and O–H groups in total. The quantitative estimate of drug-likeness (QED) is 0.875. The summed E-state index contributed by atoms with van der Waals surface area (Å²) in [5, 5.41) is 14.5. The van der Waals surface area contributed by atoms with Crippen LogP contribution in [0, 0.1) is 0 Å². The molecule has 0 saturated heterocycles. The zero-order valence-corrected chi connectivity index (χ0v) is 12.7. The SMILES string of the molecule is CCc1nnc(NC(=O)c2csc(CCN)n2)s1.Cl. The maximum absolute atomic E-state index is 11.9. The maximum Gasteiger partial charge on any atom is 0.276 e. The molecule has 2 aromatic heterocycles. The molecule has 6 nitrogen and oxygen atoms in total. The summed E-state index contributed by atoms with van der Waals surface area (Å²) in [4.78, 5) is 16.1. The average Bonchev–Trinajstić information content (AvgIpc) is 2.98. The van der Waals surface area contributed by atoms with Crippen LogP contribution in [0.5, 0.6) is 0 Å². The monoisotopic (exact) mass is 319 g/mol. The molecule has 0 aliphatic carbocycles. The zero-order valence-electron chi connectivity index (χ0n) is 10.3. The molecule has 104 valence electrons.